The van der Waals surface area contributed by atoms with Crippen molar-refractivity contribution in [2.24, 2.45) is 0 Å². The lowest BCUT2D eigenvalue weighted by Crippen LogP contribution is -2.61. The Bertz CT molecular complexity index is 445. The molecule has 5 heteroatoms. The molecule has 2 rings (SSSR count). The van der Waals surface area contributed by atoms with Crippen LogP contribution in [0.4, 0.5) is 0 Å². The molecule has 0 radical (unpaired) electrons. The van der Waals surface area contributed by atoms with E-state index in [1.165, 1.54) is 11.8 Å². The minimum Gasteiger partial charge on any atom is -0.391 e. The summed E-state index contributed by atoms with van der Waals surface area (Å²) in [7, 11) is 0. The topological polar surface area (TPSA) is 69.6 Å². The Morgan fingerprint density at radius 3 is 2.67 bits per heavy atom. The summed E-state index contributed by atoms with van der Waals surface area (Å²) in [5.74, 6) is -0.482. The van der Waals surface area contributed by atoms with E-state index in [-0.39, 0.29) is 18.4 Å². The predicted octanol–water partition coefficient (Wildman–Crippen LogP) is -0.106. The van der Waals surface area contributed by atoms with Gasteiger partial charge >= 0.3 is 0 Å². The molecule has 0 unspecified atom stereocenters. The van der Waals surface area contributed by atoms with Crippen LogP contribution < -0.4 is 5.32 Å². The summed E-state index contributed by atoms with van der Waals surface area (Å²) in [5.41, 5.74) is 0.963. The van der Waals surface area contributed by atoms with Gasteiger partial charge in [-0.3, -0.25) is 9.59 Å². The molecule has 5 nitrogen and oxygen atoms in total. The molecule has 1 aliphatic heterocycles. The number of benzene rings is 1. The summed E-state index contributed by atoms with van der Waals surface area (Å²) in [4.78, 5) is 25.0. The second-order valence-electron chi connectivity index (χ2n) is 4.47. The van der Waals surface area contributed by atoms with E-state index in [9.17, 15) is 14.7 Å². The average molecular weight is 248 g/mol. The normalized spacial score (nSPS) is 21.7. The predicted molar refractivity (Wildman–Crippen MR) is 65.5 cm³/mol. The minimum absolute atomic E-state index is 0.0386. The number of amides is 2. The molecule has 2 N–H and O–H groups in total. The second-order valence-corrected chi connectivity index (χ2v) is 4.47. The van der Waals surface area contributed by atoms with Crippen LogP contribution in [0.15, 0.2) is 30.3 Å². The molecule has 1 heterocycles. The van der Waals surface area contributed by atoms with Crippen LogP contribution >= 0.6 is 0 Å². The van der Waals surface area contributed by atoms with Gasteiger partial charge in [-0.2, -0.15) is 0 Å². The highest BCUT2D eigenvalue weighted by molar-refractivity contribution is 5.95. The van der Waals surface area contributed by atoms with Crippen LogP contribution in [0.5, 0.6) is 0 Å². The van der Waals surface area contributed by atoms with Gasteiger partial charge in [0.2, 0.25) is 11.8 Å². The van der Waals surface area contributed by atoms with Crippen LogP contribution in [-0.4, -0.2) is 40.5 Å². The fraction of sp³-hybridized carbons (Fsp3) is 0.385. The van der Waals surface area contributed by atoms with Crippen molar-refractivity contribution in [1.82, 2.24) is 10.2 Å². The summed E-state index contributed by atoms with van der Waals surface area (Å²) < 4.78 is 0. The van der Waals surface area contributed by atoms with Gasteiger partial charge in [-0.05, 0) is 12.5 Å². The molecule has 0 bridgehead atoms. The van der Waals surface area contributed by atoms with Crippen molar-refractivity contribution in [3.8, 4) is 0 Å². The van der Waals surface area contributed by atoms with Crippen LogP contribution in [0.3, 0.4) is 0 Å². The number of carbonyl (C=O) groups is 2. The van der Waals surface area contributed by atoms with Crippen LogP contribution in [0.25, 0.3) is 0 Å². The molecule has 1 fully saturated rings. The molecule has 0 saturated carbocycles. The van der Waals surface area contributed by atoms with E-state index < -0.39 is 12.1 Å². The molecule has 2 atom stereocenters. The van der Waals surface area contributed by atoms with Gasteiger partial charge in [0.05, 0.1) is 12.6 Å². The zero-order valence-corrected chi connectivity index (χ0v) is 10.2. The summed E-state index contributed by atoms with van der Waals surface area (Å²) in [6, 6.07) is 8.63. The molecule has 18 heavy (non-hydrogen) atoms. The van der Waals surface area contributed by atoms with Crippen LogP contribution in [-0.2, 0) is 16.1 Å². The molecule has 1 aromatic rings. The second kappa shape index (κ2) is 5.18. The SMILES string of the molecule is C[C@H](O)[C@H]1NC(=O)CN(Cc2ccccc2)C1=O. The standard InChI is InChI=1S/C13H16N2O3/c1-9(16)12-13(18)15(8-11(17)14-12)7-10-5-3-2-4-6-10/h2-6,9,12,16H,7-8H2,1H3,(H,14,17)/t9-,12+/m0/s1. The van der Waals surface area contributed by atoms with Crippen LogP contribution in [0.1, 0.15) is 12.5 Å². The van der Waals surface area contributed by atoms with E-state index in [1.807, 2.05) is 30.3 Å². The monoisotopic (exact) mass is 248 g/mol. The number of carbonyl (C=O) groups excluding carboxylic acids is 2. The third-order valence-corrected chi connectivity index (χ3v) is 2.93. The first-order valence-corrected chi connectivity index (χ1v) is 5.88. The molecule has 0 aromatic heterocycles. The summed E-state index contributed by atoms with van der Waals surface area (Å²) in [6.45, 7) is 1.92. The van der Waals surface area contributed by atoms with Crippen molar-refractivity contribution in [3.05, 3.63) is 35.9 Å². The van der Waals surface area contributed by atoms with Gasteiger partial charge in [0.25, 0.3) is 0 Å². The van der Waals surface area contributed by atoms with Crippen molar-refractivity contribution >= 4 is 11.8 Å². The highest BCUT2D eigenvalue weighted by Crippen LogP contribution is 2.11. The quantitative estimate of drug-likeness (QED) is 0.784. The first-order valence-electron chi connectivity index (χ1n) is 5.88. The third-order valence-electron chi connectivity index (χ3n) is 2.93. The number of aliphatic hydroxyl groups excluding tert-OH is 1. The van der Waals surface area contributed by atoms with Crippen molar-refractivity contribution in [2.45, 2.75) is 25.6 Å². The number of nitrogens with zero attached hydrogens (tertiary/aromatic N) is 1. The van der Waals surface area contributed by atoms with E-state index in [1.54, 1.807) is 0 Å². The Morgan fingerprint density at radius 1 is 1.39 bits per heavy atom. The molecular weight excluding hydrogens is 232 g/mol. The van der Waals surface area contributed by atoms with Crippen LogP contribution in [0.2, 0.25) is 0 Å². The Hall–Kier alpha value is -1.88. The number of piperazine rings is 1. The van der Waals surface area contributed by atoms with E-state index >= 15 is 0 Å². The molecule has 2 amide bonds. The largest absolute Gasteiger partial charge is 0.391 e. The highest BCUT2D eigenvalue weighted by atomic mass is 16.3. The molecule has 1 saturated heterocycles. The molecule has 96 valence electrons. The number of aliphatic hydroxyl groups is 1. The maximum absolute atomic E-state index is 12.1. The van der Waals surface area contributed by atoms with Crippen molar-refractivity contribution < 1.29 is 14.7 Å². The van der Waals surface area contributed by atoms with Gasteiger partial charge in [-0.1, -0.05) is 30.3 Å². The van der Waals surface area contributed by atoms with Crippen molar-refractivity contribution in [2.75, 3.05) is 6.54 Å². The Kier molecular flexibility index (Phi) is 3.62. The Labute approximate surface area is 105 Å². The highest BCUT2D eigenvalue weighted by Gasteiger charge is 2.35. The first-order chi connectivity index (χ1) is 8.58. The van der Waals surface area contributed by atoms with Gasteiger partial charge in [-0.25, -0.2) is 0 Å². The third kappa shape index (κ3) is 2.68. The lowest BCUT2D eigenvalue weighted by atomic mass is 10.1. The molecule has 0 spiro atoms. The zero-order chi connectivity index (χ0) is 13.1. The van der Waals surface area contributed by atoms with Crippen LogP contribution in [0, 0.1) is 0 Å². The number of nitrogens with one attached hydrogen (secondary N) is 1. The van der Waals surface area contributed by atoms with E-state index in [0.717, 1.165) is 5.56 Å². The van der Waals surface area contributed by atoms with Gasteiger partial charge in [-0.15, -0.1) is 0 Å². The maximum Gasteiger partial charge on any atom is 0.248 e. The van der Waals surface area contributed by atoms with Gasteiger partial charge in [0.15, 0.2) is 0 Å². The number of hydrogen-bond donors (Lipinski definition) is 2. The lowest BCUT2D eigenvalue weighted by Gasteiger charge is -2.33. The zero-order valence-electron chi connectivity index (χ0n) is 10.2. The first kappa shape index (κ1) is 12.6. The summed E-state index contributed by atoms with van der Waals surface area (Å²) in [6.07, 6.45) is -0.889. The summed E-state index contributed by atoms with van der Waals surface area (Å²) in [5, 5.41) is 12.0. The van der Waals surface area contributed by atoms with Gasteiger partial charge < -0.3 is 15.3 Å². The smallest absolute Gasteiger partial charge is 0.248 e. The molecule has 0 aliphatic carbocycles. The van der Waals surface area contributed by atoms with E-state index in [2.05, 4.69) is 5.32 Å². The minimum atomic E-state index is -0.889. The van der Waals surface area contributed by atoms with Gasteiger partial charge in [0.1, 0.15) is 6.04 Å². The lowest BCUT2D eigenvalue weighted by molar-refractivity contribution is -0.147. The van der Waals surface area contributed by atoms with E-state index in [4.69, 9.17) is 0 Å². The molecule has 1 aliphatic rings. The molecule has 1 aromatic carbocycles. The summed E-state index contributed by atoms with van der Waals surface area (Å²) >= 11 is 0. The molecular formula is C13H16N2O3. The van der Waals surface area contributed by atoms with Crippen molar-refractivity contribution in [3.63, 3.8) is 0 Å². The van der Waals surface area contributed by atoms with E-state index in [0.29, 0.717) is 6.54 Å². The number of rotatable bonds is 3. The van der Waals surface area contributed by atoms with Crippen molar-refractivity contribution in [1.29, 1.82) is 0 Å². The fourth-order valence-corrected chi connectivity index (χ4v) is 1.99. The fourth-order valence-electron chi connectivity index (χ4n) is 1.99. The Balaban J connectivity index is 2.12. The maximum atomic E-state index is 12.1. The number of hydrogen-bond acceptors (Lipinski definition) is 3. The van der Waals surface area contributed by atoms with Gasteiger partial charge in [0, 0.05) is 6.54 Å². The average Bonchev–Trinajstić information content (AvgIpc) is 2.34. The Morgan fingerprint density at radius 2 is 2.06 bits per heavy atom.